The van der Waals surface area contributed by atoms with Crippen molar-refractivity contribution in [2.24, 2.45) is 10.8 Å². The third-order valence-corrected chi connectivity index (χ3v) is 4.35. The second-order valence-electron chi connectivity index (χ2n) is 6.40. The molecule has 3 heteroatoms. The van der Waals surface area contributed by atoms with Crippen molar-refractivity contribution >= 4 is 5.97 Å². The Hall–Kier alpha value is -1.35. The number of rotatable bonds is 1. The molecule has 0 aromatic heterocycles. The van der Waals surface area contributed by atoms with Crippen molar-refractivity contribution in [3.05, 3.63) is 34.6 Å². The Bertz CT molecular complexity index is 534. The van der Waals surface area contributed by atoms with Gasteiger partial charge in [0.15, 0.2) is 0 Å². The van der Waals surface area contributed by atoms with Gasteiger partial charge in [0.25, 0.3) is 0 Å². The summed E-state index contributed by atoms with van der Waals surface area (Å²) >= 11 is 0. The highest BCUT2D eigenvalue weighted by Gasteiger charge is 2.48. The number of hydrogen-bond donors (Lipinski definition) is 1. The fraction of sp³-hybridized carbons (Fsp3) is 0.533. The first kappa shape index (κ1) is 11.7. The monoisotopic (exact) mass is 246 g/mol. The number of hydrogen-bond acceptors (Lipinski definition) is 3. The van der Waals surface area contributed by atoms with Crippen molar-refractivity contribution in [1.82, 2.24) is 0 Å². The quantitative estimate of drug-likeness (QED) is 0.723. The molecule has 2 aliphatic carbocycles. The van der Waals surface area contributed by atoms with Crippen LogP contribution in [-0.2, 0) is 9.53 Å². The van der Waals surface area contributed by atoms with Gasteiger partial charge in [-0.05, 0) is 29.9 Å². The van der Waals surface area contributed by atoms with E-state index in [0.717, 1.165) is 24.2 Å². The number of carbonyl (C=O) groups excluding carboxylic acids is 1. The zero-order chi connectivity index (χ0) is 13.1. The Balaban J connectivity index is 2.14. The smallest absolute Gasteiger partial charge is 0.341 e. The Morgan fingerprint density at radius 2 is 2.06 bits per heavy atom. The van der Waals surface area contributed by atoms with E-state index in [1.165, 1.54) is 5.57 Å². The predicted octanol–water partition coefficient (Wildman–Crippen LogP) is 2.48. The fourth-order valence-corrected chi connectivity index (χ4v) is 3.28. The maximum absolute atomic E-state index is 12.0. The van der Waals surface area contributed by atoms with Crippen LogP contribution in [0.25, 0.3) is 0 Å². The SMILES string of the molecule is CC1(C)CC2=C(C1)C1(C)C=CC1=C(CO)C(=O)O2. The maximum Gasteiger partial charge on any atom is 0.341 e. The lowest BCUT2D eigenvalue weighted by Gasteiger charge is -2.37. The lowest BCUT2D eigenvalue weighted by atomic mass is 9.65. The summed E-state index contributed by atoms with van der Waals surface area (Å²) < 4.78 is 5.50. The van der Waals surface area contributed by atoms with E-state index in [-0.39, 0.29) is 23.4 Å². The molecule has 0 fully saturated rings. The predicted molar refractivity (Wildman–Crippen MR) is 67.5 cm³/mol. The van der Waals surface area contributed by atoms with Crippen molar-refractivity contribution in [1.29, 1.82) is 0 Å². The minimum Gasteiger partial charge on any atom is -0.428 e. The molecule has 0 aromatic carbocycles. The molecule has 1 atom stereocenters. The van der Waals surface area contributed by atoms with Crippen LogP contribution < -0.4 is 0 Å². The van der Waals surface area contributed by atoms with Crippen molar-refractivity contribution < 1.29 is 14.6 Å². The minimum absolute atomic E-state index is 0.152. The highest BCUT2D eigenvalue weighted by molar-refractivity contribution is 5.93. The summed E-state index contributed by atoms with van der Waals surface area (Å²) in [5.74, 6) is 0.434. The largest absolute Gasteiger partial charge is 0.428 e. The van der Waals surface area contributed by atoms with Crippen LogP contribution in [0.5, 0.6) is 0 Å². The minimum atomic E-state index is -0.384. The second kappa shape index (κ2) is 3.35. The van der Waals surface area contributed by atoms with Crippen LogP contribution in [0.4, 0.5) is 0 Å². The van der Waals surface area contributed by atoms with Gasteiger partial charge in [0.05, 0.1) is 12.2 Å². The molecule has 0 radical (unpaired) electrons. The van der Waals surface area contributed by atoms with E-state index in [2.05, 4.69) is 26.8 Å². The molecule has 0 spiro atoms. The van der Waals surface area contributed by atoms with E-state index >= 15 is 0 Å². The first-order valence-electron chi connectivity index (χ1n) is 6.36. The molecule has 1 heterocycles. The zero-order valence-electron chi connectivity index (χ0n) is 11.0. The molecule has 1 N–H and O–H groups in total. The van der Waals surface area contributed by atoms with Crippen LogP contribution in [0.2, 0.25) is 0 Å². The number of allylic oxidation sites excluding steroid dienone is 5. The summed E-state index contributed by atoms with van der Waals surface area (Å²) in [7, 11) is 0. The van der Waals surface area contributed by atoms with E-state index < -0.39 is 0 Å². The van der Waals surface area contributed by atoms with Gasteiger partial charge in [-0.1, -0.05) is 26.0 Å². The van der Waals surface area contributed by atoms with Crippen LogP contribution >= 0.6 is 0 Å². The Morgan fingerprint density at radius 3 is 2.61 bits per heavy atom. The van der Waals surface area contributed by atoms with Gasteiger partial charge in [-0.2, -0.15) is 0 Å². The molecule has 0 saturated heterocycles. The van der Waals surface area contributed by atoms with E-state index in [9.17, 15) is 9.90 Å². The molecule has 3 aliphatic rings. The van der Waals surface area contributed by atoms with Crippen LogP contribution in [0.3, 0.4) is 0 Å². The molecule has 0 amide bonds. The van der Waals surface area contributed by atoms with E-state index in [0.29, 0.717) is 5.57 Å². The molecule has 18 heavy (non-hydrogen) atoms. The first-order chi connectivity index (χ1) is 8.37. The van der Waals surface area contributed by atoms with Crippen molar-refractivity contribution in [3.8, 4) is 0 Å². The van der Waals surface area contributed by atoms with Gasteiger partial charge < -0.3 is 9.84 Å². The van der Waals surface area contributed by atoms with Gasteiger partial charge in [0, 0.05) is 11.8 Å². The summed E-state index contributed by atoms with van der Waals surface area (Å²) in [6, 6.07) is 0. The number of aliphatic hydroxyl groups is 1. The maximum atomic E-state index is 12.0. The van der Waals surface area contributed by atoms with Crippen LogP contribution in [0.1, 0.15) is 33.6 Å². The summed E-state index contributed by atoms with van der Waals surface area (Å²) in [6.45, 7) is 6.24. The van der Waals surface area contributed by atoms with E-state index in [1.54, 1.807) is 0 Å². The molecular weight excluding hydrogens is 228 g/mol. The molecular formula is C15H18O3. The molecule has 3 nitrogen and oxygen atoms in total. The van der Waals surface area contributed by atoms with E-state index in [4.69, 9.17) is 4.74 Å². The number of aliphatic hydroxyl groups excluding tert-OH is 1. The lowest BCUT2D eigenvalue weighted by Crippen LogP contribution is -2.28. The Kier molecular flexibility index (Phi) is 2.18. The summed E-state index contributed by atoms with van der Waals surface area (Å²) in [4.78, 5) is 12.0. The number of esters is 1. The van der Waals surface area contributed by atoms with Gasteiger partial charge >= 0.3 is 5.97 Å². The summed E-state index contributed by atoms with van der Waals surface area (Å²) in [6.07, 6.45) is 5.77. The highest BCUT2D eigenvalue weighted by Crippen LogP contribution is 2.57. The number of ether oxygens (including phenoxy) is 1. The van der Waals surface area contributed by atoms with Gasteiger partial charge in [-0.15, -0.1) is 0 Å². The first-order valence-corrected chi connectivity index (χ1v) is 6.36. The van der Waals surface area contributed by atoms with Gasteiger partial charge in [0.2, 0.25) is 0 Å². The normalized spacial score (nSPS) is 32.8. The fourth-order valence-electron chi connectivity index (χ4n) is 3.28. The highest BCUT2D eigenvalue weighted by atomic mass is 16.5. The molecule has 96 valence electrons. The van der Waals surface area contributed by atoms with Gasteiger partial charge in [-0.3, -0.25) is 0 Å². The average molecular weight is 246 g/mol. The van der Waals surface area contributed by atoms with Crippen molar-refractivity contribution in [2.45, 2.75) is 33.6 Å². The Morgan fingerprint density at radius 1 is 1.33 bits per heavy atom. The second-order valence-corrected chi connectivity index (χ2v) is 6.40. The molecule has 1 aliphatic heterocycles. The molecule has 1 unspecified atom stereocenters. The molecule has 0 aromatic rings. The zero-order valence-corrected chi connectivity index (χ0v) is 11.0. The summed E-state index contributed by atoms with van der Waals surface area (Å²) in [5, 5.41) is 9.38. The topological polar surface area (TPSA) is 46.5 Å². The van der Waals surface area contributed by atoms with Gasteiger partial charge in [-0.25, -0.2) is 4.79 Å². The van der Waals surface area contributed by atoms with Crippen molar-refractivity contribution in [3.63, 3.8) is 0 Å². The van der Waals surface area contributed by atoms with Crippen LogP contribution in [0.15, 0.2) is 34.6 Å². The summed E-state index contributed by atoms with van der Waals surface area (Å²) in [5.41, 5.74) is 2.48. The third-order valence-electron chi connectivity index (χ3n) is 4.35. The lowest BCUT2D eigenvalue weighted by molar-refractivity contribution is -0.135. The van der Waals surface area contributed by atoms with Crippen LogP contribution in [0, 0.1) is 10.8 Å². The molecule has 0 bridgehead atoms. The molecule has 3 rings (SSSR count). The average Bonchev–Trinajstić information content (AvgIpc) is 2.55. The third kappa shape index (κ3) is 1.37. The van der Waals surface area contributed by atoms with Crippen molar-refractivity contribution in [2.75, 3.05) is 6.61 Å². The van der Waals surface area contributed by atoms with Crippen LogP contribution in [-0.4, -0.2) is 17.7 Å². The van der Waals surface area contributed by atoms with Gasteiger partial charge in [0.1, 0.15) is 5.76 Å². The number of fused-ring (bicyclic) bond motifs is 2. The Labute approximate surface area is 107 Å². The molecule has 0 saturated carbocycles. The van der Waals surface area contributed by atoms with E-state index in [1.807, 2.05) is 6.08 Å². The number of carbonyl (C=O) groups is 1. The standard InChI is InChI=1S/C15H18O3/c1-14(2)6-11-12(7-14)18-13(17)9(8-16)10-4-5-15(10,11)3/h4-5,16H,6-8H2,1-3H3.